The van der Waals surface area contributed by atoms with Gasteiger partial charge >= 0.3 is 5.97 Å². The van der Waals surface area contributed by atoms with Crippen LogP contribution in [0.2, 0.25) is 0 Å². The van der Waals surface area contributed by atoms with E-state index in [1.165, 1.54) is 23.5 Å². The van der Waals surface area contributed by atoms with E-state index in [0.717, 1.165) is 0 Å². The average Bonchev–Trinajstić information content (AvgIpc) is 2.78. The number of para-hydroxylation sites is 2. The number of hydrogen-bond acceptors (Lipinski definition) is 7. The van der Waals surface area contributed by atoms with Crippen LogP contribution in [0.15, 0.2) is 47.4 Å². The van der Waals surface area contributed by atoms with E-state index in [9.17, 15) is 18.0 Å². The van der Waals surface area contributed by atoms with Gasteiger partial charge in [-0.3, -0.25) is 4.79 Å². The van der Waals surface area contributed by atoms with Crippen LogP contribution >= 0.6 is 0 Å². The van der Waals surface area contributed by atoms with Gasteiger partial charge in [0.1, 0.15) is 5.75 Å². The number of aryl methyl sites for hydroxylation is 1. The summed E-state index contributed by atoms with van der Waals surface area (Å²) in [5.41, 5.74) is 1.000. The van der Waals surface area contributed by atoms with Crippen LogP contribution in [0.3, 0.4) is 0 Å². The molecule has 3 rings (SSSR count). The lowest BCUT2D eigenvalue weighted by Gasteiger charge is -2.26. The molecular formula is C21H24N2O7S. The number of benzene rings is 2. The average molecular weight is 448 g/mol. The van der Waals surface area contributed by atoms with Crippen molar-refractivity contribution in [2.45, 2.75) is 11.8 Å². The highest BCUT2D eigenvalue weighted by Gasteiger charge is 2.28. The minimum absolute atomic E-state index is 0.0299. The van der Waals surface area contributed by atoms with E-state index in [2.05, 4.69) is 5.32 Å². The molecule has 0 aliphatic carbocycles. The molecule has 31 heavy (non-hydrogen) atoms. The fourth-order valence-corrected chi connectivity index (χ4v) is 4.74. The van der Waals surface area contributed by atoms with Crippen molar-refractivity contribution in [2.75, 3.05) is 45.3 Å². The molecule has 1 heterocycles. The molecule has 0 aromatic heterocycles. The Balaban J connectivity index is 1.68. The zero-order valence-electron chi connectivity index (χ0n) is 17.3. The molecule has 166 valence electrons. The molecule has 0 spiro atoms. The Morgan fingerprint density at radius 3 is 2.55 bits per heavy atom. The number of esters is 1. The Bertz CT molecular complexity index is 1060. The molecule has 0 saturated carbocycles. The Labute approximate surface area is 181 Å². The minimum atomic E-state index is -3.78. The van der Waals surface area contributed by atoms with Crippen LogP contribution in [0.25, 0.3) is 0 Å². The lowest BCUT2D eigenvalue weighted by molar-refractivity contribution is -0.119. The highest BCUT2D eigenvalue weighted by Crippen LogP contribution is 2.24. The van der Waals surface area contributed by atoms with Crippen LogP contribution in [0.5, 0.6) is 5.75 Å². The summed E-state index contributed by atoms with van der Waals surface area (Å²) in [4.78, 5) is 24.6. The number of amides is 1. The number of ether oxygens (including phenoxy) is 3. The monoisotopic (exact) mass is 448 g/mol. The first kappa shape index (κ1) is 22.7. The predicted octanol–water partition coefficient (Wildman–Crippen LogP) is 1.82. The van der Waals surface area contributed by atoms with Gasteiger partial charge in [-0.05, 0) is 36.8 Å². The fraction of sp³-hybridized carbons (Fsp3) is 0.333. The molecule has 1 N–H and O–H groups in total. The third kappa shape index (κ3) is 5.40. The van der Waals surface area contributed by atoms with Crippen molar-refractivity contribution in [2.24, 2.45) is 0 Å². The number of rotatable bonds is 7. The number of hydrogen-bond donors (Lipinski definition) is 1. The SMILES string of the molecule is COc1ccccc1NC(=O)COC(=O)c1ccc(C)c(S(=O)(=O)N2CCOCC2)c1. The Hall–Kier alpha value is -2.95. The van der Waals surface area contributed by atoms with E-state index in [4.69, 9.17) is 14.2 Å². The van der Waals surface area contributed by atoms with Crippen LogP contribution in [0.4, 0.5) is 5.69 Å². The first-order valence-electron chi connectivity index (χ1n) is 9.61. The molecule has 0 radical (unpaired) electrons. The minimum Gasteiger partial charge on any atom is -0.495 e. The van der Waals surface area contributed by atoms with Gasteiger partial charge in [0.05, 0.1) is 36.5 Å². The quantitative estimate of drug-likeness (QED) is 0.643. The molecule has 1 fully saturated rings. The second-order valence-corrected chi connectivity index (χ2v) is 8.73. The van der Waals surface area contributed by atoms with Crippen LogP contribution in [-0.2, 0) is 24.3 Å². The molecular weight excluding hydrogens is 424 g/mol. The predicted molar refractivity (Wildman–Crippen MR) is 113 cm³/mol. The van der Waals surface area contributed by atoms with Gasteiger partial charge < -0.3 is 19.5 Å². The zero-order chi connectivity index (χ0) is 22.4. The number of carbonyl (C=O) groups is 2. The molecule has 2 aromatic rings. The summed E-state index contributed by atoms with van der Waals surface area (Å²) < 4.78 is 42.7. The standard InChI is InChI=1S/C21H24N2O7S/c1-15-7-8-16(13-19(15)31(26,27)23-9-11-29-12-10-23)21(25)30-14-20(24)22-17-5-3-4-6-18(17)28-2/h3-8,13H,9-12,14H2,1-2H3,(H,22,24). The summed E-state index contributed by atoms with van der Waals surface area (Å²) >= 11 is 0. The van der Waals surface area contributed by atoms with E-state index in [0.29, 0.717) is 30.2 Å². The molecule has 2 aromatic carbocycles. The second kappa shape index (κ2) is 9.90. The highest BCUT2D eigenvalue weighted by molar-refractivity contribution is 7.89. The molecule has 1 saturated heterocycles. The molecule has 9 nitrogen and oxygen atoms in total. The third-order valence-electron chi connectivity index (χ3n) is 4.73. The summed E-state index contributed by atoms with van der Waals surface area (Å²) in [6.07, 6.45) is 0. The Morgan fingerprint density at radius 1 is 1.13 bits per heavy atom. The molecule has 10 heteroatoms. The number of nitrogens with one attached hydrogen (secondary N) is 1. The number of carbonyl (C=O) groups excluding carboxylic acids is 2. The molecule has 0 bridgehead atoms. The van der Waals surface area contributed by atoms with Gasteiger partial charge in [0.2, 0.25) is 10.0 Å². The molecule has 1 aliphatic rings. The number of nitrogens with zero attached hydrogens (tertiary/aromatic N) is 1. The van der Waals surface area contributed by atoms with Crippen molar-refractivity contribution in [3.05, 3.63) is 53.6 Å². The Kier molecular flexibility index (Phi) is 7.26. The van der Waals surface area contributed by atoms with Crippen LogP contribution < -0.4 is 10.1 Å². The Morgan fingerprint density at radius 2 is 1.84 bits per heavy atom. The van der Waals surface area contributed by atoms with Crippen molar-refractivity contribution >= 4 is 27.6 Å². The summed E-state index contributed by atoms with van der Waals surface area (Å²) in [7, 11) is -2.30. The van der Waals surface area contributed by atoms with Crippen molar-refractivity contribution in [3.8, 4) is 5.75 Å². The van der Waals surface area contributed by atoms with Gasteiger partial charge in [-0.15, -0.1) is 0 Å². The van der Waals surface area contributed by atoms with Gasteiger partial charge in [0, 0.05) is 13.1 Å². The van der Waals surface area contributed by atoms with Crippen molar-refractivity contribution < 1.29 is 32.2 Å². The number of anilines is 1. The number of morpholine rings is 1. The highest BCUT2D eigenvalue weighted by atomic mass is 32.2. The summed E-state index contributed by atoms with van der Waals surface area (Å²) in [6, 6.07) is 11.1. The van der Waals surface area contributed by atoms with E-state index in [1.807, 2.05) is 0 Å². The first-order valence-corrected chi connectivity index (χ1v) is 11.1. The topological polar surface area (TPSA) is 111 Å². The van der Waals surface area contributed by atoms with Crippen molar-refractivity contribution in [1.82, 2.24) is 4.31 Å². The molecule has 0 atom stereocenters. The van der Waals surface area contributed by atoms with E-state index in [-0.39, 0.29) is 23.5 Å². The van der Waals surface area contributed by atoms with Crippen molar-refractivity contribution in [3.63, 3.8) is 0 Å². The van der Waals surface area contributed by atoms with Crippen LogP contribution in [0, 0.1) is 6.92 Å². The van der Waals surface area contributed by atoms with Gasteiger partial charge in [0.25, 0.3) is 5.91 Å². The molecule has 1 amide bonds. The summed E-state index contributed by atoms with van der Waals surface area (Å²) in [6.45, 7) is 2.27. The lowest BCUT2D eigenvalue weighted by atomic mass is 10.1. The van der Waals surface area contributed by atoms with Gasteiger partial charge in [-0.1, -0.05) is 18.2 Å². The number of sulfonamides is 1. The van der Waals surface area contributed by atoms with Crippen molar-refractivity contribution in [1.29, 1.82) is 0 Å². The van der Waals surface area contributed by atoms with Gasteiger partial charge in [-0.25, -0.2) is 13.2 Å². The summed E-state index contributed by atoms with van der Waals surface area (Å²) in [5.74, 6) is -0.876. The maximum Gasteiger partial charge on any atom is 0.338 e. The largest absolute Gasteiger partial charge is 0.495 e. The first-order chi connectivity index (χ1) is 14.8. The smallest absolute Gasteiger partial charge is 0.338 e. The zero-order valence-corrected chi connectivity index (χ0v) is 18.1. The molecule has 0 unspecified atom stereocenters. The van der Waals surface area contributed by atoms with Gasteiger partial charge in [0.15, 0.2) is 6.61 Å². The van der Waals surface area contributed by atoms with E-state index < -0.39 is 28.5 Å². The number of methoxy groups -OCH3 is 1. The fourth-order valence-electron chi connectivity index (χ4n) is 3.08. The maximum atomic E-state index is 13.0. The van der Waals surface area contributed by atoms with Crippen LogP contribution in [0.1, 0.15) is 15.9 Å². The maximum absolute atomic E-state index is 13.0. The molecule has 1 aliphatic heterocycles. The lowest BCUT2D eigenvalue weighted by Crippen LogP contribution is -2.40. The van der Waals surface area contributed by atoms with E-state index >= 15 is 0 Å². The van der Waals surface area contributed by atoms with Gasteiger partial charge in [-0.2, -0.15) is 4.31 Å². The normalized spacial score (nSPS) is 14.6. The second-order valence-electron chi connectivity index (χ2n) is 6.82. The van der Waals surface area contributed by atoms with Crippen LogP contribution in [-0.4, -0.2) is 64.6 Å². The van der Waals surface area contributed by atoms with E-state index in [1.54, 1.807) is 37.3 Å². The summed E-state index contributed by atoms with van der Waals surface area (Å²) in [5, 5.41) is 2.60. The third-order valence-corrected chi connectivity index (χ3v) is 6.77.